The summed E-state index contributed by atoms with van der Waals surface area (Å²) in [4.78, 5) is 15.8. The molecule has 0 fully saturated rings. The molecule has 18 heavy (non-hydrogen) atoms. The first kappa shape index (κ1) is 14.6. The smallest absolute Gasteiger partial charge is 0.220 e. The lowest BCUT2D eigenvalue weighted by atomic mass is 9.84. The molecule has 0 aliphatic heterocycles. The third-order valence-corrected chi connectivity index (χ3v) is 3.07. The number of nitrogens with two attached hydrogens (primary N) is 1. The van der Waals surface area contributed by atoms with E-state index in [-0.39, 0.29) is 17.4 Å². The van der Waals surface area contributed by atoms with Crippen molar-refractivity contribution in [3.8, 4) is 0 Å². The summed E-state index contributed by atoms with van der Waals surface area (Å²) in [7, 11) is 0. The van der Waals surface area contributed by atoms with Crippen molar-refractivity contribution in [3.63, 3.8) is 0 Å². The number of hydrogen-bond donors (Lipinski definition) is 3. The number of carbonyl (C=O) groups excluding carboxylic acids is 1. The lowest BCUT2D eigenvalue weighted by Crippen LogP contribution is -2.29. The van der Waals surface area contributed by atoms with E-state index in [1.165, 1.54) is 6.33 Å². The summed E-state index contributed by atoms with van der Waals surface area (Å²) in [5, 5.41) is 9.39. The number of amides is 1. The summed E-state index contributed by atoms with van der Waals surface area (Å²) < 4.78 is 0. The SMILES string of the molecule is CC(NC(=O)CCC(C)(C)CCN)c1ncn[nH]1. The molecule has 0 saturated heterocycles. The third kappa shape index (κ3) is 4.83. The van der Waals surface area contributed by atoms with Crippen LogP contribution in [0.3, 0.4) is 0 Å². The first-order valence-corrected chi connectivity index (χ1v) is 6.29. The van der Waals surface area contributed by atoms with E-state index in [2.05, 4.69) is 34.3 Å². The zero-order valence-corrected chi connectivity index (χ0v) is 11.4. The second kappa shape index (κ2) is 6.49. The maximum absolute atomic E-state index is 11.8. The molecule has 1 amide bonds. The van der Waals surface area contributed by atoms with Gasteiger partial charge in [-0.2, -0.15) is 5.10 Å². The Bertz CT molecular complexity index is 361. The maximum Gasteiger partial charge on any atom is 0.220 e. The zero-order valence-electron chi connectivity index (χ0n) is 11.4. The number of nitrogens with zero attached hydrogens (tertiary/aromatic N) is 2. The van der Waals surface area contributed by atoms with E-state index in [9.17, 15) is 4.79 Å². The van der Waals surface area contributed by atoms with Crippen molar-refractivity contribution in [2.45, 2.75) is 46.1 Å². The molecule has 1 aromatic rings. The Morgan fingerprint density at radius 1 is 1.56 bits per heavy atom. The number of aromatic amines is 1. The largest absolute Gasteiger partial charge is 0.346 e. The standard InChI is InChI=1S/C12H23N5O/c1-9(11-14-8-15-17-11)16-10(18)4-5-12(2,3)6-7-13/h8-9H,4-7,13H2,1-3H3,(H,16,18)(H,14,15,17). The normalized spacial score (nSPS) is 13.3. The minimum absolute atomic E-state index is 0.0315. The van der Waals surface area contributed by atoms with E-state index in [1.807, 2.05) is 6.92 Å². The first-order valence-electron chi connectivity index (χ1n) is 6.29. The van der Waals surface area contributed by atoms with E-state index in [1.54, 1.807) is 0 Å². The molecule has 6 nitrogen and oxygen atoms in total. The number of H-pyrrole nitrogens is 1. The highest BCUT2D eigenvalue weighted by atomic mass is 16.1. The van der Waals surface area contributed by atoms with Crippen LogP contribution in [0.5, 0.6) is 0 Å². The average molecular weight is 253 g/mol. The van der Waals surface area contributed by atoms with Gasteiger partial charge >= 0.3 is 0 Å². The van der Waals surface area contributed by atoms with Crippen molar-refractivity contribution >= 4 is 5.91 Å². The summed E-state index contributed by atoms with van der Waals surface area (Å²) >= 11 is 0. The number of hydrogen-bond acceptors (Lipinski definition) is 4. The lowest BCUT2D eigenvalue weighted by Gasteiger charge is -2.23. The van der Waals surface area contributed by atoms with Crippen molar-refractivity contribution in [1.82, 2.24) is 20.5 Å². The van der Waals surface area contributed by atoms with Crippen LogP contribution in [0.15, 0.2) is 6.33 Å². The van der Waals surface area contributed by atoms with Crippen LogP contribution in [0.2, 0.25) is 0 Å². The molecular formula is C12H23N5O. The van der Waals surface area contributed by atoms with E-state index < -0.39 is 0 Å². The minimum atomic E-state index is -0.141. The molecule has 0 saturated carbocycles. The van der Waals surface area contributed by atoms with Crippen LogP contribution in [-0.2, 0) is 4.79 Å². The van der Waals surface area contributed by atoms with Gasteiger partial charge in [-0.1, -0.05) is 13.8 Å². The van der Waals surface area contributed by atoms with Gasteiger partial charge in [0.05, 0.1) is 6.04 Å². The van der Waals surface area contributed by atoms with Crippen LogP contribution < -0.4 is 11.1 Å². The van der Waals surface area contributed by atoms with Crippen LogP contribution in [0.4, 0.5) is 0 Å². The number of rotatable bonds is 7. The van der Waals surface area contributed by atoms with Gasteiger partial charge in [0, 0.05) is 6.42 Å². The molecule has 0 aliphatic carbocycles. The monoisotopic (exact) mass is 253 g/mol. The number of aromatic nitrogens is 3. The summed E-state index contributed by atoms with van der Waals surface area (Å²) in [6, 6.07) is -0.141. The Kier molecular flexibility index (Phi) is 5.27. The quantitative estimate of drug-likeness (QED) is 0.678. The summed E-state index contributed by atoms with van der Waals surface area (Å²) in [5.41, 5.74) is 5.66. The minimum Gasteiger partial charge on any atom is -0.346 e. The van der Waals surface area contributed by atoms with E-state index in [4.69, 9.17) is 5.73 Å². The van der Waals surface area contributed by atoms with E-state index >= 15 is 0 Å². The lowest BCUT2D eigenvalue weighted by molar-refractivity contribution is -0.122. The van der Waals surface area contributed by atoms with Crippen LogP contribution in [-0.4, -0.2) is 27.6 Å². The zero-order chi connectivity index (χ0) is 13.6. The Morgan fingerprint density at radius 2 is 2.28 bits per heavy atom. The molecule has 0 aliphatic rings. The van der Waals surface area contributed by atoms with Crippen molar-refractivity contribution < 1.29 is 4.79 Å². The van der Waals surface area contributed by atoms with Crippen LogP contribution >= 0.6 is 0 Å². The van der Waals surface area contributed by atoms with Crippen molar-refractivity contribution in [2.24, 2.45) is 11.1 Å². The van der Waals surface area contributed by atoms with Gasteiger partial charge in [0.15, 0.2) is 0 Å². The van der Waals surface area contributed by atoms with Gasteiger partial charge in [0.2, 0.25) is 5.91 Å². The molecule has 0 aromatic carbocycles. The highest BCUT2D eigenvalue weighted by Crippen LogP contribution is 2.25. The van der Waals surface area contributed by atoms with Crippen molar-refractivity contribution in [2.75, 3.05) is 6.54 Å². The topological polar surface area (TPSA) is 96.7 Å². The molecule has 1 heterocycles. The van der Waals surface area contributed by atoms with Crippen LogP contribution in [0, 0.1) is 5.41 Å². The number of carbonyl (C=O) groups is 1. The van der Waals surface area contributed by atoms with Crippen LogP contribution in [0.25, 0.3) is 0 Å². The van der Waals surface area contributed by atoms with Gasteiger partial charge in [0.1, 0.15) is 12.2 Å². The first-order chi connectivity index (χ1) is 8.44. The van der Waals surface area contributed by atoms with Gasteiger partial charge in [-0.25, -0.2) is 4.98 Å². The third-order valence-electron chi connectivity index (χ3n) is 3.07. The molecule has 0 spiro atoms. The predicted octanol–water partition coefficient (Wildman–Crippen LogP) is 1.14. The van der Waals surface area contributed by atoms with Gasteiger partial charge in [-0.05, 0) is 31.7 Å². The van der Waals surface area contributed by atoms with E-state index in [0.717, 1.165) is 12.8 Å². The second-order valence-electron chi connectivity index (χ2n) is 5.36. The van der Waals surface area contributed by atoms with Crippen LogP contribution in [0.1, 0.15) is 51.9 Å². The van der Waals surface area contributed by atoms with Gasteiger partial charge in [0.25, 0.3) is 0 Å². The fourth-order valence-electron chi connectivity index (χ4n) is 1.77. The van der Waals surface area contributed by atoms with Gasteiger partial charge < -0.3 is 11.1 Å². The fraction of sp³-hybridized carbons (Fsp3) is 0.750. The van der Waals surface area contributed by atoms with E-state index in [0.29, 0.717) is 18.8 Å². The second-order valence-corrected chi connectivity index (χ2v) is 5.36. The molecule has 1 atom stereocenters. The summed E-state index contributed by atoms with van der Waals surface area (Å²) in [6.45, 7) is 6.80. The summed E-state index contributed by atoms with van der Waals surface area (Å²) in [5.74, 6) is 0.702. The molecule has 1 aromatic heterocycles. The molecule has 102 valence electrons. The highest BCUT2D eigenvalue weighted by Gasteiger charge is 2.19. The Morgan fingerprint density at radius 3 is 2.83 bits per heavy atom. The van der Waals surface area contributed by atoms with Gasteiger partial charge in [-0.3, -0.25) is 9.89 Å². The molecular weight excluding hydrogens is 230 g/mol. The number of nitrogens with one attached hydrogen (secondary N) is 2. The van der Waals surface area contributed by atoms with Gasteiger partial charge in [-0.15, -0.1) is 0 Å². The highest BCUT2D eigenvalue weighted by molar-refractivity contribution is 5.76. The molecule has 0 bridgehead atoms. The predicted molar refractivity (Wildman–Crippen MR) is 69.6 cm³/mol. The van der Waals surface area contributed by atoms with Crippen molar-refractivity contribution in [1.29, 1.82) is 0 Å². The molecule has 1 unspecified atom stereocenters. The molecule has 1 rings (SSSR count). The Balaban J connectivity index is 2.34. The Hall–Kier alpha value is -1.43. The molecule has 6 heteroatoms. The fourth-order valence-corrected chi connectivity index (χ4v) is 1.77. The molecule has 4 N–H and O–H groups in total. The maximum atomic E-state index is 11.8. The average Bonchev–Trinajstić information content (AvgIpc) is 2.80. The van der Waals surface area contributed by atoms with Crippen molar-refractivity contribution in [3.05, 3.63) is 12.2 Å². The molecule has 0 radical (unpaired) electrons. The Labute approximate surface area is 108 Å². The summed E-state index contributed by atoms with van der Waals surface area (Å²) in [6.07, 6.45) is 3.70.